The van der Waals surface area contributed by atoms with Crippen LogP contribution in [0.1, 0.15) is 31.2 Å². The molecule has 1 aromatic carbocycles. The van der Waals surface area contributed by atoms with Crippen molar-refractivity contribution in [3.63, 3.8) is 0 Å². The van der Waals surface area contributed by atoms with Crippen LogP contribution < -0.4 is 15.5 Å². The lowest BCUT2D eigenvalue weighted by atomic mass is 9.91. The molecule has 1 fully saturated rings. The van der Waals surface area contributed by atoms with Crippen LogP contribution in [0.15, 0.2) is 46.7 Å². The maximum absolute atomic E-state index is 13.5. The van der Waals surface area contributed by atoms with Crippen molar-refractivity contribution in [2.45, 2.75) is 54.6 Å². The van der Waals surface area contributed by atoms with Crippen molar-refractivity contribution in [3.05, 3.63) is 54.0 Å². The number of aromatic nitrogens is 4. The van der Waals surface area contributed by atoms with Gasteiger partial charge in [-0.25, -0.2) is 18.7 Å². The highest BCUT2D eigenvalue weighted by molar-refractivity contribution is 7.99. The number of rotatable bonds is 7. The van der Waals surface area contributed by atoms with Gasteiger partial charge in [-0.05, 0) is 50.8 Å². The Morgan fingerprint density at radius 2 is 1.67 bits per heavy atom. The van der Waals surface area contributed by atoms with Gasteiger partial charge in [0.2, 0.25) is 5.95 Å². The first kappa shape index (κ1) is 23.2. The Bertz CT molecular complexity index is 1100. The second kappa shape index (κ2) is 10.3. The summed E-state index contributed by atoms with van der Waals surface area (Å²) in [7, 11) is 3.95. The zero-order valence-corrected chi connectivity index (χ0v) is 19.7. The van der Waals surface area contributed by atoms with Crippen molar-refractivity contribution < 1.29 is 8.78 Å². The fourth-order valence-electron chi connectivity index (χ4n) is 3.86. The number of hydrogen-bond donors (Lipinski definition) is 2. The molecule has 0 saturated heterocycles. The summed E-state index contributed by atoms with van der Waals surface area (Å²) in [6, 6.07) is 4.41. The maximum Gasteiger partial charge on any atom is 0.224 e. The Hall–Kier alpha value is -3.01. The Morgan fingerprint density at radius 3 is 2.36 bits per heavy atom. The molecule has 2 N–H and O–H groups in total. The second-order valence-corrected chi connectivity index (χ2v) is 9.45. The highest BCUT2D eigenvalue weighted by Gasteiger charge is 2.22. The third-order valence-corrected chi connectivity index (χ3v) is 6.40. The van der Waals surface area contributed by atoms with Gasteiger partial charge < -0.3 is 15.5 Å². The van der Waals surface area contributed by atoms with Crippen LogP contribution in [0.5, 0.6) is 0 Å². The molecule has 0 amide bonds. The van der Waals surface area contributed by atoms with Crippen molar-refractivity contribution in [1.29, 1.82) is 0 Å². The van der Waals surface area contributed by atoms with E-state index in [2.05, 4.69) is 30.6 Å². The molecule has 1 saturated carbocycles. The van der Waals surface area contributed by atoms with Crippen LogP contribution in [0.25, 0.3) is 0 Å². The summed E-state index contributed by atoms with van der Waals surface area (Å²) in [6.07, 6.45) is 9.08. The molecular formula is C23H27F2N7S. The van der Waals surface area contributed by atoms with Gasteiger partial charge in [-0.3, -0.25) is 4.98 Å². The zero-order valence-electron chi connectivity index (χ0n) is 18.8. The smallest absolute Gasteiger partial charge is 0.224 e. The van der Waals surface area contributed by atoms with Gasteiger partial charge in [0.05, 0.1) is 12.4 Å². The van der Waals surface area contributed by atoms with Crippen molar-refractivity contribution in [2.75, 3.05) is 29.6 Å². The minimum atomic E-state index is -0.874. The third-order valence-electron chi connectivity index (χ3n) is 5.51. The normalized spacial score (nSPS) is 18.1. The van der Waals surface area contributed by atoms with Crippen molar-refractivity contribution in [1.82, 2.24) is 19.9 Å². The Labute approximate surface area is 196 Å². The van der Waals surface area contributed by atoms with Gasteiger partial charge in [0.1, 0.15) is 16.7 Å². The van der Waals surface area contributed by atoms with Crippen LogP contribution >= 0.6 is 11.8 Å². The van der Waals surface area contributed by atoms with Gasteiger partial charge in [0.25, 0.3) is 0 Å². The lowest BCUT2D eigenvalue weighted by Crippen LogP contribution is -2.33. The van der Waals surface area contributed by atoms with Gasteiger partial charge in [0, 0.05) is 42.8 Å². The predicted molar refractivity (Wildman–Crippen MR) is 127 cm³/mol. The van der Waals surface area contributed by atoms with Gasteiger partial charge in [-0.1, -0.05) is 11.8 Å². The summed E-state index contributed by atoms with van der Waals surface area (Å²) in [6.45, 7) is 2.00. The molecule has 0 aliphatic heterocycles. The van der Waals surface area contributed by atoms with E-state index in [1.54, 1.807) is 12.4 Å². The van der Waals surface area contributed by atoms with Crippen molar-refractivity contribution in [3.8, 4) is 0 Å². The van der Waals surface area contributed by atoms with Gasteiger partial charge in [-0.2, -0.15) is 4.98 Å². The number of hydrogen-bond acceptors (Lipinski definition) is 8. The van der Waals surface area contributed by atoms with E-state index < -0.39 is 11.6 Å². The molecule has 0 unspecified atom stereocenters. The van der Waals surface area contributed by atoms with E-state index in [-0.39, 0.29) is 6.04 Å². The minimum absolute atomic E-state index is 0.289. The Morgan fingerprint density at radius 1 is 0.939 bits per heavy atom. The number of anilines is 3. The average molecular weight is 472 g/mol. The molecule has 0 radical (unpaired) electrons. The standard InChI is InChI=1S/C23H27F2N7S/c1-14-11-27-23(31-22(14)32(2)3)29-16-6-4-15(5-7-16)28-20-12-26-13-21(30-20)33-17-8-9-18(24)19(25)10-17/h8-13,15-16H,4-7H2,1-3H3,(H,28,30)(H,27,29,31)/t15-,16+. The van der Waals surface area contributed by atoms with Gasteiger partial charge >= 0.3 is 0 Å². The first-order chi connectivity index (χ1) is 15.9. The fraction of sp³-hybridized carbons (Fsp3) is 0.391. The minimum Gasteiger partial charge on any atom is -0.366 e. The fourth-order valence-corrected chi connectivity index (χ4v) is 4.65. The van der Waals surface area contributed by atoms with Crippen molar-refractivity contribution >= 4 is 29.3 Å². The SMILES string of the molecule is Cc1cnc(N[C@H]2CC[C@@H](Nc3cncc(Sc4ccc(F)c(F)c4)n3)CC2)nc1N(C)C. The van der Waals surface area contributed by atoms with Gasteiger partial charge in [-0.15, -0.1) is 0 Å². The first-order valence-corrected chi connectivity index (χ1v) is 11.7. The van der Waals surface area contributed by atoms with E-state index >= 15 is 0 Å². The van der Waals surface area contributed by atoms with E-state index in [9.17, 15) is 8.78 Å². The van der Waals surface area contributed by atoms with Crippen LogP contribution in [0, 0.1) is 18.6 Å². The molecule has 7 nitrogen and oxygen atoms in total. The molecule has 2 heterocycles. The Kier molecular flexibility index (Phi) is 7.22. The summed E-state index contributed by atoms with van der Waals surface area (Å²) in [5.41, 5.74) is 1.05. The number of nitrogens with one attached hydrogen (secondary N) is 2. The molecule has 3 aromatic rings. The molecule has 1 aliphatic rings. The summed E-state index contributed by atoms with van der Waals surface area (Å²) in [5.74, 6) is 0.521. The number of benzene rings is 1. The summed E-state index contributed by atoms with van der Waals surface area (Å²) in [4.78, 5) is 20.4. The lowest BCUT2D eigenvalue weighted by Gasteiger charge is -2.30. The van der Waals surface area contributed by atoms with Gasteiger partial charge in [0.15, 0.2) is 11.6 Å². The molecule has 4 rings (SSSR count). The number of halogens is 2. The molecule has 33 heavy (non-hydrogen) atoms. The molecule has 0 bridgehead atoms. The Balaban J connectivity index is 1.30. The van der Waals surface area contributed by atoms with Crippen LogP contribution in [-0.4, -0.2) is 46.1 Å². The van der Waals surface area contributed by atoms with E-state index in [1.807, 2.05) is 32.1 Å². The van der Waals surface area contributed by atoms with Crippen LogP contribution in [0.2, 0.25) is 0 Å². The van der Waals surface area contributed by atoms with E-state index in [4.69, 9.17) is 0 Å². The average Bonchev–Trinajstić information content (AvgIpc) is 2.79. The molecule has 0 atom stereocenters. The molecule has 10 heteroatoms. The number of nitrogens with zero attached hydrogens (tertiary/aromatic N) is 5. The predicted octanol–water partition coefficient (Wildman–Crippen LogP) is 4.91. The molecule has 2 aromatic heterocycles. The number of aryl methyl sites for hydroxylation is 1. The van der Waals surface area contributed by atoms with Crippen LogP contribution in [0.3, 0.4) is 0 Å². The summed E-state index contributed by atoms with van der Waals surface area (Å²) >= 11 is 1.24. The first-order valence-electron chi connectivity index (χ1n) is 10.9. The van der Waals surface area contributed by atoms with Crippen LogP contribution in [0.4, 0.5) is 26.4 Å². The topological polar surface area (TPSA) is 78.9 Å². The van der Waals surface area contributed by atoms with E-state index in [0.717, 1.165) is 49.2 Å². The summed E-state index contributed by atoms with van der Waals surface area (Å²) in [5, 5.41) is 7.54. The second-order valence-electron chi connectivity index (χ2n) is 8.35. The zero-order chi connectivity index (χ0) is 23.4. The third kappa shape index (κ3) is 6.07. The van der Waals surface area contributed by atoms with Crippen LogP contribution in [-0.2, 0) is 0 Å². The molecule has 1 aliphatic carbocycles. The van der Waals surface area contributed by atoms with E-state index in [0.29, 0.717) is 27.7 Å². The molecular weight excluding hydrogens is 444 g/mol. The molecule has 0 spiro atoms. The van der Waals surface area contributed by atoms with Crippen molar-refractivity contribution in [2.24, 2.45) is 0 Å². The monoisotopic (exact) mass is 471 g/mol. The lowest BCUT2D eigenvalue weighted by molar-refractivity contribution is 0.426. The highest BCUT2D eigenvalue weighted by atomic mass is 32.2. The molecule has 174 valence electrons. The summed E-state index contributed by atoms with van der Waals surface area (Å²) < 4.78 is 26.6. The maximum atomic E-state index is 13.5. The van der Waals surface area contributed by atoms with E-state index in [1.165, 1.54) is 17.8 Å². The largest absolute Gasteiger partial charge is 0.366 e. The highest BCUT2D eigenvalue weighted by Crippen LogP contribution is 2.29. The quantitative estimate of drug-likeness (QED) is 0.504.